The number of ether oxygens (including phenoxy) is 1. The van der Waals surface area contributed by atoms with Crippen molar-refractivity contribution in [1.29, 1.82) is 0 Å². The number of hydrogen-bond acceptors (Lipinski definition) is 2. The fourth-order valence-corrected chi connectivity index (χ4v) is 2.39. The second kappa shape index (κ2) is 5.79. The van der Waals surface area contributed by atoms with Gasteiger partial charge in [0.25, 0.3) is 0 Å². The van der Waals surface area contributed by atoms with Crippen LogP contribution in [0.25, 0.3) is 22.5 Å². The molecule has 0 fully saturated rings. The Labute approximate surface area is 130 Å². The minimum absolute atomic E-state index is 0.0380. The third kappa shape index (κ3) is 2.92. The first-order chi connectivity index (χ1) is 11.0. The molecule has 3 rings (SSSR count). The summed E-state index contributed by atoms with van der Waals surface area (Å²) in [5, 5.41) is 6.42. The molecular formula is C17H13F3N2O. The smallest absolute Gasteiger partial charge is 0.420 e. The number of nitrogens with one attached hydrogen (secondary N) is 1. The van der Waals surface area contributed by atoms with Crippen LogP contribution >= 0.6 is 0 Å². The van der Waals surface area contributed by atoms with Crippen molar-refractivity contribution in [3.8, 4) is 28.3 Å². The zero-order valence-electron chi connectivity index (χ0n) is 12.2. The van der Waals surface area contributed by atoms with Gasteiger partial charge in [-0.05, 0) is 24.3 Å². The van der Waals surface area contributed by atoms with Crippen molar-refractivity contribution in [3.05, 3.63) is 60.2 Å². The minimum Gasteiger partial charge on any atom is -0.497 e. The predicted octanol–water partition coefficient (Wildman–Crippen LogP) is 4.77. The molecule has 0 spiro atoms. The van der Waals surface area contributed by atoms with Crippen molar-refractivity contribution < 1.29 is 17.9 Å². The Kier molecular flexibility index (Phi) is 3.82. The fraction of sp³-hybridized carbons (Fsp3) is 0.118. The van der Waals surface area contributed by atoms with E-state index in [2.05, 4.69) is 10.2 Å². The maximum atomic E-state index is 13.6. The average Bonchev–Trinajstić information content (AvgIpc) is 3.01. The van der Waals surface area contributed by atoms with Crippen LogP contribution in [0.5, 0.6) is 5.75 Å². The van der Waals surface area contributed by atoms with Gasteiger partial charge < -0.3 is 4.74 Å². The van der Waals surface area contributed by atoms with Gasteiger partial charge >= 0.3 is 6.18 Å². The predicted molar refractivity (Wildman–Crippen MR) is 81.0 cm³/mol. The van der Waals surface area contributed by atoms with E-state index >= 15 is 0 Å². The number of hydrogen-bond donors (Lipinski definition) is 1. The van der Waals surface area contributed by atoms with Gasteiger partial charge in [0.1, 0.15) is 17.0 Å². The number of benzene rings is 2. The molecule has 0 amide bonds. The fourth-order valence-electron chi connectivity index (χ4n) is 2.39. The summed E-state index contributed by atoms with van der Waals surface area (Å²) in [5.41, 5.74) is -0.125. The number of nitrogens with zero attached hydrogens (tertiary/aromatic N) is 1. The zero-order chi connectivity index (χ0) is 16.4. The number of alkyl halides is 3. The summed E-state index contributed by atoms with van der Waals surface area (Å²) in [6.07, 6.45) is -4.52. The number of halogens is 3. The Morgan fingerprint density at radius 2 is 1.57 bits per heavy atom. The summed E-state index contributed by atoms with van der Waals surface area (Å²) in [5.74, 6) is 0.570. The van der Waals surface area contributed by atoms with Crippen molar-refractivity contribution >= 4 is 0 Å². The lowest BCUT2D eigenvalue weighted by atomic mass is 10.0. The van der Waals surface area contributed by atoms with Gasteiger partial charge in [-0.15, -0.1) is 0 Å². The Morgan fingerprint density at radius 3 is 2.13 bits per heavy atom. The van der Waals surface area contributed by atoms with E-state index in [-0.39, 0.29) is 11.4 Å². The van der Waals surface area contributed by atoms with Gasteiger partial charge in [0, 0.05) is 11.1 Å². The van der Waals surface area contributed by atoms with Crippen LogP contribution in [0.4, 0.5) is 13.2 Å². The number of H-pyrrole nitrogens is 1. The van der Waals surface area contributed by atoms with Gasteiger partial charge in [0.2, 0.25) is 0 Å². The summed E-state index contributed by atoms with van der Waals surface area (Å²) < 4.78 is 45.7. The minimum atomic E-state index is -4.52. The summed E-state index contributed by atoms with van der Waals surface area (Å²) in [7, 11) is 1.50. The molecule has 0 aliphatic heterocycles. The molecule has 0 bridgehead atoms. The Morgan fingerprint density at radius 1 is 0.913 bits per heavy atom. The molecule has 0 aliphatic carbocycles. The van der Waals surface area contributed by atoms with Crippen LogP contribution in [0.1, 0.15) is 5.56 Å². The third-order valence-corrected chi connectivity index (χ3v) is 3.48. The monoisotopic (exact) mass is 318 g/mol. The lowest BCUT2D eigenvalue weighted by Crippen LogP contribution is -2.07. The van der Waals surface area contributed by atoms with Crippen LogP contribution < -0.4 is 4.74 Å². The number of methoxy groups -OCH3 is 1. The second-order valence-electron chi connectivity index (χ2n) is 4.91. The van der Waals surface area contributed by atoms with E-state index in [0.717, 1.165) is 0 Å². The molecule has 0 atom stereocenters. The summed E-state index contributed by atoms with van der Waals surface area (Å²) >= 11 is 0. The molecule has 0 saturated heterocycles. The van der Waals surface area contributed by atoms with Crippen LogP contribution in [0.3, 0.4) is 0 Å². The van der Waals surface area contributed by atoms with Crippen molar-refractivity contribution in [3.63, 3.8) is 0 Å². The molecule has 0 aliphatic rings. The van der Waals surface area contributed by atoms with E-state index in [0.29, 0.717) is 16.9 Å². The van der Waals surface area contributed by atoms with Gasteiger partial charge in [-0.1, -0.05) is 30.3 Å². The highest BCUT2D eigenvalue weighted by Crippen LogP contribution is 2.42. The number of aromatic nitrogens is 2. The molecule has 3 aromatic rings. The van der Waals surface area contributed by atoms with Crippen LogP contribution in [0.15, 0.2) is 54.6 Å². The lowest BCUT2D eigenvalue weighted by Gasteiger charge is -2.10. The van der Waals surface area contributed by atoms with Crippen LogP contribution in [-0.2, 0) is 6.18 Å². The van der Waals surface area contributed by atoms with Gasteiger partial charge in [0.15, 0.2) is 0 Å². The highest BCUT2D eigenvalue weighted by atomic mass is 19.4. The summed E-state index contributed by atoms with van der Waals surface area (Å²) in [4.78, 5) is 0. The number of aromatic amines is 1. The Balaban J connectivity index is 2.16. The summed E-state index contributed by atoms with van der Waals surface area (Å²) in [6, 6.07) is 14.7. The van der Waals surface area contributed by atoms with Gasteiger partial charge in [-0.2, -0.15) is 18.3 Å². The molecule has 0 radical (unpaired) electrons. The first kappa shape index (κ1) is 15.1. The molecular weight excluding hydrogens is 305 g/mol. The SMILES string of the molecule is COc1ccc(-c2n[nH]c(-c3ccccc3)c2C(F)(F)F)cc1. The largest absolute Gasteiger partial charge is 0.497 e. The topological polar surface area (TPSA) is 37.9 Å². The van der Waals surface area contributed by atoms with Gasteiger partial charge in [-0.3, -0.25) is 5.10 Å². The average molecular weight is 318 g/mol. The molecule has 0 unspecified atom stereocenters. The molecule has 1 N–H and O–H groups in total. The molecule has 2 aromatic carbocycles. The standard InChI is InChI=1S/C17H13F3N2O/c1-23-13-9-7-12(8-10-13)16-14(17(18,19)20)15(21-22-16)11-5-3-2-4-6-11/h2-10H,1H3,(H,21,22). The molecule has 1 heterocycles. The van der Waals surface area contributed by atoms with E-state index in [4.69, 9.17) is 4.74 Å². The maximum Gasteiger partial charge on any atom is 0.420 e. The van der Waals surface area contributed by atoms with Crippen LogP contribution in [0, 0.1) is 0 Å². The molecule has 6 heteroatoms. The molecule has 3 nitrogen and oxygen atoms in total. The highest BCUT2D eigenvalue weighted by molar-refractivity contribution is 5.75. The third-order valence-electron chi connectivity index (χ3n) is 3.48. The Bertz CT molecular complexity index is 793. The molecule has 23 heavy (non-hydrogen) atoms. The zero-order valence-corrected chi connectivity index (χ0v) is 12.2. The van der Waals surface area contributed by atoms with Gasteiger partial charge in [-0.25, -0.2) is 0 Å². The first-order valence-electron chi connectivity index (χ1n) is 6.86. The van der Waals surface area contributed by atoms with E-state index in [1.807, 2.05) is 0 Å². The van der Waals surface area contributed by atoms with E-state index in [9.17, 15) is 13.2 Å². The lowest BCUT2D eigenvalue weighted by molar-refractivity contribution is -0.136. The van der Waals surface area contributed by atoms with Crippen LogP contribution in [0.2, 0.25) is 0 Å². The first-order valence-corrected chi connectivity index (χ1v) is 6.86. The normalized spacial score (nSPS) is 11.5. The molecule has 118 valence electrons. The quantitative estimate of drug-likeness (QED) is 0.755. The van der Waals surface area contributed by atoms with E-state index in [1.165, 1.54) is 7.11 Å². The van der Waals surface area contributed by atoms with Crippen molar-refractivity contribution in [1.82, 2.24) is 10.2 Å². The number of rotatable bonds is 3. The Hall–Kier alpha value is -2.76. The summed E-state index contributed by atoms with van der Waals surface area (Å²) in [6.45, 7) is 0. The van der Waals surface area contributed by atoms with Crippen LogP contribution in [-0.4, -0.2) is 17.3 Å². The van der Waals surface area contributed by atoms with Gasteiger partial charge in [0.05, 0.1) is 12.8 Å². The van der Waals surface area contributed by atoms with E-state index in [1.54, 1.807) is 54.6 Å². The van der Waals surface area contributed by atoms with Crippen molar-refractivity contribution in [2.75, 3.05) is 7.11 Å². The van der Waals surface area contributed by atoms with E-state index < -0.39 is 11.7 Å². The maximum absolute atomic E-state index is 13.6. The molecule has 1 aromatic heterocycles. The highest BCUT2D eigenvalue weighted by Gasteiger charge is 2.39. The second-order valence-corrected chi connectivity index (χ2v) is 4.91. The molecule has 0 saturated carbocycles. The van der Waals surface area contributed by atoms with Crippen molar-refractivity contribution in [2.24, 2.45) is 0 Å². The van der Waals surface area contributed by atoms with Crippen molar-refractivity contribution in [2.45, 2.75) is 6.18 Å².